The fourth-order valence-corrected chi connectivity index (χ4v) is 1.76. The van der Waals surface area contributed by atoms with E-state index >= 15 is 0 Å². The van der Waals surface area contributed by atoms with E-state index in [1.165, 1.54) is 6.92 Å². The van der Waals surface area contributed by atoms with Crippen LogP contribution in [0.4, 0.5) is 4.79 Å². The van der Waals surface area contributed by atoms with E-state index in [1.54, 1.807) is 0 Å². The number of nitrogens with one attached hydrogen (secondary N) is 1. The number of rotatable bonds is 5. The number of carbonyl (C=O) groups excluding carboxylic acids is 1. The molecule has 18 heavy (non-hydrogen) atoms. The fourth-order valence-electron chi connectivity index (χ4n) is 1.18. The van der Waals surface area contributed by atoms with Crippen LogP contribution in [-0.4, -0.2) is 23.9 Å². The number of ether oxygens (including phenoxy) is 1. The quantitative estimate of drug-likeness (QED) is 0.802. The third kappa shape index (κ3) is 4.49. The number of benzene rings is 1. The fraction of sp³-hybridized carbons (Fsp3) is 0.364. The van der Waals surface area contributed by atoms with Crippen molar-refractivity contribution in [1.82, 2.24) is 5.32 Å². The lowest BCUT2D eigenvalue weighted by atomic mass is 10.2. The average Bonchev–Trinajstić information content (AvgIpc) is 2.37. The van der Waals surface area contributed by atoms with Gasteiger partial charge in [-0.1, -0.05) is 30.3 Å². The third-order valence-corrected chi connectivity index (χ3v) is 3.92. The Morgan fingerprint density at radius 3 is 2.61 bits per heavy atom. The molecule has 0 bridgehead atoms. The van der Waals surface area contributed by atoms with Gasteiger partial charge in [-0.15, -0.1) is 0 Å². The van der Waals surface area contributed by atoms with Crippen molar-refractivity contribution in [2.24, 2.45) is 0 Å². The number of amides is 1. The monoisotopic (exact) mass is 273 g/mol. The molecule has 0 spiro atoms. The molecule has 1 amide bonds. The highest BCUT2D eigenvalue weighted by Crippen LogP contribution is 2.44. The van der Waals surface area contributed by atoms with E-state index < -0.39 is 19.5 Å². The minimum absolute atomic E-state index is 0.0993. The van der Waals surface area contributed by atoms with Crippen molar-refractivity contribution in [3.8, 4) is 0 Å². The lowest BCUT2D eigenvalue weighted by molar-refractivity contribution is 0.137. The lowest BCUT2D eigenvalue weighted by Crippen LogP contribution is -2.33. The molecule has 0 aliphatic rings. The maximum atomic E-state index is 11.4. The molecule has 1 rings (SSSR count). The maximum absolute atomic E-state index is 11.4. The van der Waals surface area contributed by atoms with Crippen molar-refractivity contribution >= 4 is 13.7 Å². The SMILES string of the molecule is COP(=O)(O)[C@@H](C)NC(=O)OCc1ccccc1. The van der Waals surface area contributed by atoms with Gasteiger partial charge in [0.2, 0.25) is 0 Å². The molecule has 0 saturated heterocycles. The highest BCUT2D eigenvalue weighted by molar-refractivity contribution is 7.53. The van der Waals surface area contributed by atoms with E-state index in [2.05, 4.69) is 9.84 Å². The highest BCUT2D eigenvalue weighted by Gasteiger charge is 2.28. The predicted molar refractivity (Wildman–Crippen MR) is 66.1 cm³/mol. The summed E-state index contributed by atoms with van der Waals surface area (Å²) in [6, 6.07) is 9.12. The Labute approximate surface area is 105 Å². The topological polar surface area (TPSA) is 84.9 Å². The summed E-state index contributed by atoms with van der Waals surface area (Å²) in [7, 11) is -2.72. The van der Waals surface area contributed by atoms with E-state index in [0.29, 0.717) is 0 Å². The van der Waals surface area contributed by atoms with E-state index in [1.807, 2.05) is 30.3 Å². The Bertz CT molecular complexity index is 436. The number of hydrogen-bond acceptors (Lipinski definition) is 4. The zero-order chi connectivity index (χ0) is 13.6. The summed E-state index contributed by atoms with van der Waals surface area (Å²) in [4.78, 5) is 20.7. The van der Waals surface area contributed by atoms with Crippen LogP contribution in [0.2, 0.25) is 0 Å². The van der Waals surface area contributed by atoms with Crippen molar-refractivity contribution < 1.29 is 23.5 Å². The third-order valence-electron chi connectivity index (χ3n) is 2.29. The van der Waals surface area contributed by atoms with Crippen LogP contribution >= 0.6 is 7.60 Å². The largest absolute Gasteiger partial charge is 0.445 e. The number of hydrogen-bond donors (Lipinski definition) is 2. The summed E-state index contributed by atoms with van der Waals surface area (Å²) in [6.45, 7) is 1.47. The van der Waals surface area contributed by atoms with Crippen LogP contribution in [0.3, 0.4) is 0 Å². The average molecular weight is 273 g/mol. The van der Waals surface area contributed by atoms with Crippen LogP contribution in [0, 0.1) is 0 Å². The van der Waals surface area contributed by atoms with Gasteiger partial charge in [-0.05, 0) is 12.5 Å². The van der Waals surface area contributed by atoms with Gasteiger partial charge in [0.25, 0.3) is 0 Å². The maximum Gasteiger partial charge on any atom is 0.408 e. The van der Waals surface area contributed by atoms with Crippen LogP contribution in [0.25, 0.3) is 0 Å². The molecule has 0 aliphatic heterocycles. The van der Waals surface area contributed by atoms with Crippen molar-refractivity contribution in [2.45, 2.75) is 19.3 Å². The molecule has 6 nitrogen and oxygen atoms in total. The Morgan fingerprint density at radius 2 is 2.06 bits per heavy atom. The van der Waals surface area contributed by atoms with Gasteiger partial charge in [-0.25, -0.2) is 4.79 Å². The number of carbonyl (C=O) groups is 1. The first-order chi connectivity index (χ1) is 8.45. The predicted octanol–water partition coefficient (Wildman–Crippen LogP) is 2.09. The summed E-state index contributed by atoms with van der Waals surface area (Å²) in [5, 5.41) is 2.24. The first-order valence-corrected chi connectivity index (χ1v) is 6.96. The van der Waals surface area contributed by atoms with Crippen molar-refractivity contribution in [3.63, 3.8) is 0 Å². The molecular formula is C11H16NO5P. The molecule has 0 radical (unpaired) electrons. The summed E-state index contributed by atoms with van der Waals surface area (Å²) in [5.41, 5.74) is 0.833. The van der Waals surface area contributed by atoms with Crippen LogP contribution in [0.1, 0.15) is 12.5 Å². The van der Waals surface area contributed by atoms with Crippen molar-refractivity contribution in [2.75, 3.05) is 7.11 Å². The highest BCUT2D eigenvalue weighted by atomic mass is 31.2. The van der Waals surface area contributed by atoms with E-state index in [0.717, 1.165) is 12.7 Å². The summed E-state index contributed by atoms with van der Waals surface area (Å²) in [5.74, 6) is -1.02. The zero-order valence-corrected chi connectivity index (χ0v) is 11.1. The minimum Gasteiger partial charge on any atom is -0.445 e. The Hall–Kier alpha value is -1.36. The van der Waals surface area contributed by atoms with Gasteiger partial charge in [0.05, 0.1) is 0 Å². The Morgan fingerprint density at radius 1 is 1.44 bits per heavy atom. The van der Waals surface area contributed by atoms with Crippen LogP contribution in [0.5, 0.6) is 0 Å². The molecule has 0 aromatic heterocycles. The van der Waals surface area contributed by atoms with Gasteiger partial charge in [0, 0.05) is 7.11 Å². The second kappa shape index (κ2) is 6.54. The normalized spacial score (nSPS) is 15.5. The van der Waals surface area contributed by atoms with Crippen molar-refractivity contribution in [1.29, 1.82) is 0 Å². The van der Waals surface area contributed by atoms with Crippen molar-refractivity contribution in [3.05, 3.63) is 35.9 Å². The molecule has 1 aromatic carbocycles. The molecule has 0 fully saturated rings. The van der Waals surface area contributed by atoms with Gasteiger partial charge < -0.3 is 19.5 Å². The standard InChI is InChI=1S/C11H16NO5P/c1-9(18(14,15)16-2)12-11(13)17-8-10-6-4-3-5-7-10/h3-7,9H,8H2,1-2H3,(H,12,13)(H,14,15)/t9-/m0/s1. The first kappa shape index (κ1) is 14.7. The van der Waals surface area contributed by atoms with Crippen LogP contribution in [-0.2, 0) is 20.4 Å². The Kier molecular flexibility index (Phi) is 5.34. The molecule has 0 aliphatic carbocycles. The molecule has 2 N–H and O–H groups in total. The lowest BCUT2D eigenvalue weighted by Gasteiger charge is -2.18. The Balaban J connectivity index is 2.41. The van der Waals surface area contributed by atoms with Gasteiger partial charge in [0.15, 0.2) is 0 Å². The summed E-state index contributed by atoms with van der Waals surface area (Å²) >= 11 is 0. The molecular weight excluding hydrogens is 257 g/mol. The minimum atomic E-state index is -3.83. The first-order valence-electron chi connectivity index (χ1n) is 5.31. The van der Waals surface area contributed by atoms with Gasteiger partial charge in [0.1, 0.15) is 12.4 Å². The van der Waals surface area contributed by atoms with E-state index in [9.17, 15) is 14.3 Å². The second-order valence-electron chi connectivity index (χ2n) is 3.63. The summed E-state index contributed by atoms with van der Waals surface area (Å²) < 4.78 is 20.7. The smallest absolute Gasteiger partial charge is 0.408 e. The summed E-state index contributed by atoms with van der Waals surface area (Å²) in [6.07, 6.45) is -0.766. The van der Waals surface area contributed by atoms with E-state index in [4.69, 9.17) is 4.74 Å². The van der Waals surface area contributed by atoms with Gasteiger partial charge in [-0.3, -0.25) is 4.57 Å². The molecule has 7 heteroatoms. The molecule has 100 valence electrons. The molecule has 1 aromatic rings. The van der Waals surface area contributed by atoms with Gasteiger partial charge >= 0.3 is 13.7 Å². The second-order valence-corrected chi connectivity index (χ2v) is 5.90. The number of alkyl carbamates (subject to hydrolysis) is 1. The molecule has 1 unspecified atom stereocenters. The molecule has 2 atom stereocenters. The molecule has 0 heterocycles. The van der Waals surface area contributed by atoms with Crippen LogP contribution < -0.4 is 5.32 Å². The zero-order valence-electron chi connectivity index (χ0n) is 10.2. The molecule has 0 saturated carbocycles. The van der Waals surface area contributed by atoms with Gasteiger partial charge in [-0.2, -0.15) is 0 Å². The van der Waals surface area contributed by atoms with E-state index in [-0.39, 0.29) is 6.61 Å². The van der Waals surface area contributed by atoms with Crippen LogP contribution in [0.15, 0.2) is 30.3 Å².